The summed E-state index contributed by atoms with van der Waals surface area (Å²) in [5.74, 6) is 0.0195. The van der Waals surface area contributed by atoms with Crippen LogP contribution in [0.1, 0.15) is 21.7 Å². The van der Waals surface area contributed by atoms with E-state index in [1.807, 2.05) is 12.3 Å². The molecule has 90 valence electrons. The Morgan fingerprint density at radius 1 is 1.69 bits per heavy atom. The second-order valence-corrected chi connectivity index (χ2v) is 5.12. The van der Waals surface area contributed by atoms with Gasteiger partial charge in [0.25, 0.3) is 5.91 Å². The summed E-state index contributed by atoms with van der Waals surface area (Å²) in [5.41, 5.74) is 6.73. The summed E-state index contributed by atoms with van der Waals surface area (Å²) in [6.07, 6.45) is 0.883. The highest BCUT2D eigenvalue weighted by Gasteiger charge is 2.27. The number of carbonyl (C=O) groups excluding carboxylic acids is 1. The molecule has 0 unspecified atom stereocenters. The normalized spacial score (nSPS) is 19.7. The van der Waals surface area contributed by atoms with Gasteiger partial charge in [0.15, 0.2) is 0 Å². The van der Waals surface area contributed by atoms with Gasteiger partial charge in [0, 0.05) is 19.1 Å². The molecule has 2 rings (SSSR count). The van der Waals surface area contributed by atoms with Crippen LogP contribution >= 0.6 is 35.3 Å². The molecule has 1 saturated heterocycles. The Bertz CT molecular complexity index is 394. The molecule has 1 aliphatic rings. The fourth-order valence-corrected chi connectivity index (χ4v) is 2.93. The van der Waals surface area contributed by atoms with Crippen molar-refractivity contribution in [1.82, 2.24) is 4.90 Å². The second kappa shape index (κ2) is 5.36. The maximum atomic E-state index is 12.0. The molecule has 0 saturated carbocycles. The van der Waals surface area contributed by atoms with Crippen molar-refractivity contribution in [1.29, 1.82) is 0 Å². The number of hydrogen-bond acceptors (Lipinski definition) is 3. The molecule has 3 nitrogen and oxygen atoms in total. The van der Waals surface area contributed by atoms with Crippen LogP contribution in [0.15, 0.2) is 5.38 Å². The lowest BCUT2D eigenvalue weighted by Crippen LogP contribution is -2.31. The maximum absolute atomic E-state index is 12.0. The molecular weight excluding hydrogens is 267 g/mol. The van der Waals surface area contributed by atoms with Gasteiger partial charge >= 0.3 is 0 Å². The zero-order valence-electron chi connectivity index (χ0n) is 8.90. The van der Waals surface area contributed by atoms with Gasteiger partial charge in [-0.3, -0.25) is 4.79 Å². The third-order valence-electron chi connectivity index (χ3n) is 2.61. The summed E-state index contributed by atoms with van der Waals surface area (Å²) in [5, 5.41) is 2.50. The number of thiophene rings is 1. The van der Waals surface area contributed by atoms with Crippen LogP contribution in [0.2, 0.25) is 5.02 Å². The van der Waals surface area contributed by atoms with E-state index in [0.29, 0.717) is 16.4 Å². The van der Waals surface area contributed by atoms with Crippen molar-refractivity contribution < 1.29 is 4.79 Å². The Morgan fingerprint density at radius 3 is 2.81 bits per heavy atom. The van der Waals surface area contributed by atoms with E-state index >= 15 is 0 Å². The van der Waals surface area contributed by atoms with Gasteiger partial charge in [-0.25, -0.2) is 0 Å². The molecule has 16 heavy (non-hydrogen) atoms. The number of halogens is 2. The molecule has 1 atom stereocenters. The smallest absolute Gasteiger partial charge is 0.265 e. The van der Waals surface area contributed by atoms with Crippen LogP contribution in [-0.2, 0) is 0 Å². The first-order valence-electron chi connectivity index (χ1n) is 4.88. The lowest BCUT2D eigenvalue weighted by Gasteiger charge is -2.14. The fourth-order valence-electron chi connectivity index (χ4n) is 1.69. The van der Waals surface area contributed by atoms with Crippen LogP contribution in [0.25, 0.3) is 0 Å². The van der Waals surface area contributed by atoms with Crippen LogP contribution in [0, 0.1) is 6.92 Å². The van der Waals surface area contributed by atoms with E-state index in [1.165, 1.54) is 11.3 Å². The van der Waals surface area contributed by atoms with Gasteiger partial charge in [0.1, 0.15) is 4.88 Å². The summed E-state index contributed by atoms with van der Waals surface area (Å²) in [4.78, 5) is 14.4. The van der Waals surface area contributed by atoms with Gasteiger partial charge in [-0.05, 0) is 24.3 Å². The quantitative estimate of drug-likeness (QED) is 0.858. The topological polar surface area (TPSA) is 46.3 Å². The molecule has 2 heterocycles. The summed E-state index contributed by atoms with van der Waals surface area (Å²) in [7, 11) is 0. The standard InChI is InChI=1S/C10H13ClN2OS.ClH/c1-6-5-15-9(8(6)11)10(14)13-3-2-7(12)4-13;/h5,7H,2-4,12H2,1H3;1H/t7-;/m0./s1. The molecule has 1 aromatic heterocycles. The number of likely N-dealkylation sites (tertiary alicyclic amines) is 1. The van der Waals surface area contributed by atoms with Gasteiger partial charge in [-0.1, -0.05) is 11.6 Å². The summed E-state index contributed by atoms with van der Waals surface area (Å²) >= 11 is 7.46. The average molecular weight is 281 g/mol. The summed E-state index contributed by atoms with van der Waals surface area (Å²) in [6.45, 7) is 3.30. The predicted octanol–water partition coefficient (Wildman–Crippen LogP) is 2.30. The number of rotatable bonds is 1. The summed E-state index contributed by atoms with van der Waals surface area (Å²) < 4.78 is 0. The van der Waals surface area contributed by atoms with Gasteiger partial charge < -0.3 is 10.6 Å². The molecule has 0 spiro atoms. The van der Waals surface area contributed by atoms with Gasteiger partial charge in [0.2, 0.25) is 0 Å². The molecule has 6 heteroatoms. The van der Waals surface area contributed by atoms with Crippen LogP contribution in [-0.4, -0.2) is 29.9 Å². The minimum atomic E-state index is 0. The summed E-state index contributed by atoms with van der Waals surface area (Å²) in [6, 6.07) is 0.119. The Labute approximate surface area is 110 Å². The van der Waals surface area contributed by atoms with Crippen LogP contribution in [0.3, 0.4) is 0 Å². The highest BCUT2D eigenvalue weighted by molar-refractivity contribution is 7.13. The molecule has 0 aliphatic carbocycles. The molecule has 0 radical (unpaired) electrons. The molecule has 0 bridgehead atoms. The minimum absolute atomic E-state index is 0. The lowest BCUT2D eigenvalue weighted by molar-refractivity contribution is 0.0796. The van der Waals surface area contributed by atoms with Gasteiger partial charge in [0.05, 0.1) is 5.02 Å². The molecule has 1 fully saturated rings. The van der Waals surface area contributed by atoms with E-state index in [0.717, 1.165) is 18.5 Å². The third-order valence-corrected chi connectivity index (χ3v) is 4.29. The van der Waals surface area contributed by atoms with Crippen molar-refractivity contribution in [2.45, 2.75) is 19.4 Å². The van der Waals surface area contributed by atoms with E-state index < -0.39 is 0 Å². The third kappa shape index (κ3) is 2.51. The molecule has 1 amide bonds. The molecule has 2 N–H and O–H groups in total. The number of carbonyl (C=O) groups is 1. The highest BCUT2D eigenvalue weighted by atomic mass is 35.5. The maximum Gasteiger partial charge on any atom is 0.265 e. The number of aryl methyl sites for hydroxylation is 1. The predicted molar refractivity (Wildman–Crippen MR) is 69.8 cm³/mol. The van der Waals surface area contributed by atoms with Gasteiger partial charge in [-0.15, -0.1) is 23.7 Å². The van der Waals surface area contributed by atoms with Crippen LogP contribution in [0.5, 0.6) is 0 Å². The van der Waals surface area contributed by atoms with Crippen molar-refractivity contribution in [3.63, 3.8) is 0 Å². The Kier molecular flexibility index (Phi) is 4.62. The Balaban J connectivity index is 0.00000128. The number of amides is 1. The van der Waals surface area contributed by atoms with Crippen LogP contribution < -0.4 is 5.73 Å². The second-order valence-electron chi connectivity index (χ2n) is 3.86. The van der Waals surface area contributed by atoms with Gasteiger partial charge in [-0.2, -0.15) is 0 Å². The van der Waals surface area contributed by atoms with E-state index in [9.17, 15) is 4.79 Å². The lowest BCUT2D eigenvalue weighted by atomic mass is 10.3. The Hall–Kier alpha value is -0.290. The van der Waals surface area contributed by atoms with Crippen molar-refractivity contribution >= 4 is 41.3 Å². The number of nitrogens with two attached hydrogens (primary N) is 1. The zero-order chi connectivity index (χ0) is 11.0. The number of hydrogen-bond donors (Lipinski definition) is 1. The average Bonchev–Trinajstić information content (AvgIpc) is 2.75. The van der Waals surface area contributed by atoms with E-state index in [4.69, 9.17) is 17.3 Å². The first-order valence-corrected chi connectivity index (χ1v) is 6.14. The molecule has 1 aliphatic heterocycles. The van der Waals surface area contributed by atoms with Crippen LogP contribution in [0.4, 0.5) is 0 Å². The number of nitrogens with zero attached hydrogens (tertiary/aromatic N) is 1. The monoisotopic (exact) mass is 280 g/mol. The molecular formula is C10H14Cl2N2OS. The van der Waals surface area contributed by atoms with E-state index in [-0.39, 0.29) is 24.4 Å². The molecule has 0 aromatic carbocycles. The van der Waals surface area contributed by atoms with E-state index in [2.05, 4.69) is 0 Å². The van der Waals surface area contributed by atoms with Crippen molar-refractivity contribution in [3.05, 3.63) is 20.8 Å². The first-order chi connectivity index (χ1) is 7.09. The first kappa shape index (κ1) is 13.8. The minimum Gasteiger partial charge on any atom is -0.336 e. The Morgan fingerprint density at radius 2 is 2.38 bits per heavy atom. The fraction of sp³-hybridized carbons (Fsp3) is 0.500. The van der Waals surface area contributed by atoms with Crippen molar-refractivity contribution in [2.75, 3.05) is 13.1 Å². The SMILES string of the molecule is Cc1csc(C(=O)N2CC[C@H](N)C2)c1Cl.Cl. The van der Waals surface area contributed by atoms with E-state index in [1.54, 1.807) is 4.90 Å². The highest BCUT2D eigenvalue weighted by Crippen LogP contribution is 2.29. The zero-order valence-corrected chi connectivity index (χ0v) is 11.3. The molecule has 1 aromatic rings. The van der Waals surface area contributed by atoms with Crippen molar-refractivity contribution in [2.24, 2.45) is 5.73 Å². The van der Waals surface area contributed by atoms with Crippen molar-refractivity contribution in [3.8, 4) is 0 Å². The largest absolute Gasteiger partial charge is 0.336 e.